The summed E-state index contributed by atoms with van der Waals surface area (Å²) in [6, 6.07) is 15.6. The monoisotopic (exact) mass is 513 g/mol. The van der Waals surface area contributed by atoms with Crippen molar-refractivity contribution in [3.8, 4) is 28.4 Å². The first-order valence-corrected chi connectivity index (χ1v) is 11.6. The molecule has 0 saturated carbocycles. The lowest BCUT2D eigenvalue weighted by molar-refractivity contribution is -0.140. The van der Waals surface area contributed by atoms with Crippen LogP contribution in [0.2, 0.25) is 0 Å². The highest BCUT2D eigenvalue weighted by Crippen LogP contribution is 2.39. The first kappa shape index (κ1) is 24.6. The fourth-order valence-electron chi connectivity index (χ4n) is 4.59. The fourth-order valence-corrected chi connectivity index (χ4v) is 4.59. The number of hydrogen-bond acceptors (Lipinski definition) is 8. The summed E-state index contributed by atoms with van der Waals surface area (Å²) >= 11 is 0. The van der Waals surface area contributed by atoms with Crippen LogP contribution in [0.5, 0.6) is 17.2 Å². The first-order valence-electron chi connectivity index (χ1n) is 11.6. The number of nitrogens with one attached hydrogen (secondary N) is 1. The second-order valence-electron chi connectivity index (χ2n) is 8.74. The number of esters is 1. The largest absolute Gasteiger partial charge is 0.508 e. The fraction of sp³-hybridized carbons (Fsp3) is 0.138. The van der Waals surface area contributed by atoms with Crippen LogP contribution < -0.4 is 15.7 Å². The summed E-state index contributed by atoms with van der Waals surface area (Å²) in [6.07, 6.45) is 0.962. The SMILES string of the molecule is COC(=O)C[C@H](c1cc2ccc(OC)cc2[nH]c1=O)c1c(O)ccc2c(=O)c(-c3ccc(O)cc3)coc12. The molecule has 5 rings (SSSR count). The van der Waals surface area contributed by atoms with Gasteiger partial charge in [0.05, 0.1) is 37.1 Å². The number of benzene rings is 3. The van der Waals surface area contributed by atoms with E-state index in [2.05, 4.69) is 4.98 Å². The zero-order valence-electron chi connectivity index (χ0n) is 20.5. The molecule has 3 aromatic carbocycles. The normalized spacial score (nSPS) is 11.9. The van der Waals surface area contributed by atoms with Gasteiger partial charge in [-0.15, -0.1) is 0 Å². The van der Waals surface area contributed by atoms with Gasteiger partial charge in [0, 0.05) is 23.1 Å². The summed E-state index contributed by atoms with van der Waals surface area (Å²) in [5.74, 6) is -1.25. The summed E-state index contributed by atoms with van der Waals surface area (Å²) in [5.41, 5.74) is 0.773. The minimum absolute atomic E-state index is 0.0423. The van der Waals surface area contributed by atoms with Gasteiger partial charge in [-0.25, -0.2) is 0 Å². The Balaban J connectivity index is 1.74. The number of H-pyrrole nitrogens is 1. The van der Waals surface area contributed by atoms with Crippen LogP contribution in [0.15, 0.2) is 80.9 Å². The molecule has 0 radical (unpaired) electrons. The highest BCUT2D eigenvalue weighted by atomic mass is 16.5. The van der Waals surface area contributed by atoms with Gasteiger partial charge in [-0.3, -0.25) is 14.4 Å². The lowest BCUT2D eigenvalue weighted by atomic mass is 9.86. The molecule has 9 nitrogen and oxygen atoms in total. The van der Waals surface area contributed by atoms with Crippen LogP contribution in [0.4, 0.5) is 0 Å². The second kappa shape index (κ2) is 9.78. The van der Waals surface area contributed by atoms with Crippen molar-refractivity contribution in [3.63, 3.8) is 0 Å². The van der Waals surface area contributed by atoms with Gasteiger partial charge in [-0.1, -0.05) is 12.1 Å². The van der Waals surface area contributed by atoms with Gasteiger partial charge in [0.15, 0.2) is 0 Å². The molecule has 0 amide bonds. The molecular formula is C29H23NO8. The molecule has 2 heterocycles. The molecule has 0 bridgehead atoms. The number of carbonyl (C=O) groups is 1. The van der Waals surface area contributed by atoms with Gasteiger partial charge >= 0.3 is 5.97 Å². The van der Waals surface area contributed by atoms with Crippen LogP contribution in [-0.2, 0) is 9.53 Å². The minimum atomic E-state index is -0.996. The minimum Gasteiger partial charge on any atom is -0.508 e. The number of phenols is 2. The zero-order valence-corrected chi connectivity index (χ0v) is 20.5. The quantitative estimate of drug-likeness (QED) is 0.284. The molecule has 0 spiro atoms. The van der Waals surface area contributed by atoms with E-state index in [9.17, 15) is 24.6 Å². The highest BCUT2D eigenvalue weighted by molar-refractivity contribution is 5.88. The summed E-state index contributed by atoms with van der Waals surface area (Å²) < 4.78 is 16.0. The number of aromatic nitrogens is 1. The Kier molecular flexibility index (Phi) is 6.34. The topological polar surface area (TPSA) is 139 Å². The predicted molar refractivity (Wildman–Crippen MR) is 141 cm³/mol. The molecule has 2 aromatic heterocycles. The molecule has 0 aliphatic carbocycles. The van der Waals surface area contributed by atoms with Crippen molar-refractivity contribution in [1.82, 2.24) is 4.98 Å². The number of phenolic OH excluding ortho intramolecular Hbond substituents is 2. The van der Waals surface area contributed by atoms with Gasteiger partial charge < -0.3 is 29.1 Å². The Morgan fingerprint density at radius 1 is 1.00 bits per heavy atom. The summed E-state index contributed by atoms with van der Waals surface area (Å²) in [5, 5.41) is 21.3. The Morgan fingerprint density at radius 3 is 2.47 bits per heavy atom. The van der Waals surface area contributed by atoms with E-state index in [0.717, 1.165) is 0 Å². The van der Waals surface area contributed by atoms with Gasteiger partial charge in [0.2, 0.25) is 5.43 Å². The molecule has 0 aliphatic rings. The van der Waals surface area contributed by atoms with Gasteiger partial charge in [0.1, 0.15) is 29.1 Å². The van der Waals surface area contributed by atoms with Crippen molar-refractivity contribution in [3.05, 3.63) is 98.6 Å². The van der Waals surface area contributed by atoms with E-state index >= 15 is 0 Å². The van der Waals surface area contributed by atoms with Crippen molar-refractivity contribution in [2.45, 2.75) is 12.3 Å². The molecular weight excluding hydrogens is 490 g/mol. The van der Waals surface area contributed by atoms with Crippen molar-refractivity contribution in [2.24, 2.45) is 0 Å². The number of methoxy groups -OCH3 is 2. The predicted octanol–water partition coefficient (Wildman–Crippen LogP) is 4.42. The van der Waals surface area contributed by atoms with E-state index in [1.54, 1.807) is 36.4 Å². The lowest BCUT2D eigenvalue weighted by Gasteiger charge is -2.19. The number of ether oxygens (including phenoxy) is 2. The summed E-state index contributed by atoms with van der Waals surface area (Å²) in [4.78, 5) is 42.0. The van der Waals surface area contributed by atoms with Crippen molar-refractivity contribution >= 4 is 27.8 Å². The molecule has 9 heteroatoms. The van der Waals surface area contributed by atoms with E-state index in [-0.39, 0.29) is 51.0 Å². The highest BCUT2D eigenvalue weighted by Gasteiger charge is 2.29. The van der Waals surface area contributed by atoms with Crippen LogP contribution in [0.1, 0.15) is 23.5 Å². The van der Waals surface area contributed by atoms with Crippen molar-refractivity contribution < 1.29 is 28.9 Å². The maximum absolute atomic E-state index is 13.4. The third kappa shape index (κ3) is 4.34. The maximum atomic E-state index is 13.4. The van der Waals surface area contributed by atoms with Crippen LogP contribution >= 0.6 is 0 Å². The third-order valence-electron chi connectivity index (χ3n) is 6.54. The van der Waals surface area contributed by atoms with Crippen LogP contribution in [0.3, 0.4) is 0 Å². The molecule has 0 saturated heterocycles. The Labute approximate surface area is 215 Å². The number of carbonyl (C=O) groups excluding carboxylic acids is 1. The molecule has 3 N–H and O–H groups in total. The molecule has 0 fully saturated rings. The zero-order chi connectivity index (χ0) is 27.0. The molecule has 1 atom stereocenters. The second-order valence-corrected chi connectivity index (χ2v) is 8.74. The van der Waals surface area contributed by atoms with E-state index in [1.807, 2.05) is 0 Å². The molecule has 5 aromatic rings. The van der Waals surface area contributed by atoms with E-state index in [0.29, 0.717) is 22.2 Å². The van der Waals surface area contributed by atoms with Gasteiger partial charge in [-0.05, 0) is 53.4 Å². The Bertz CT molecular complexity index is 1800. The number of aromatic hydroxyl groups is 2. The number of rotatable bonds is 6. The molecule has 192 valence electrons. The maximum Gasteiger partial charge on any atom is 0.306 e. The Hall–Kier alpha value is -5.05. The molecule has 0 unspecified atom stereocenters. The Morgan fingerprint density at radius 2 is 1.76 bits per heavy atom. The standard InChI is InChI=1S/C29H23NO8/c1-36-18-8-5-16-11-21(29(35)30-23(16)12-18)20(13-25(33)37-2)26-24(32)10-9-19-27(34)22(14-38-28(19)26)15-3-6-17(31)7-4-15/h3-12,14,20,31-32H,13H2,1-2H3,(H,30,35)/t20-/m1/s1. The summed E-state index contributed by atoms with van der Waals surface area (Å²) in [6.45, 7) is 0. The smallest absolute Gasteiger partial charge is 0.306 e. The number of fused-ring (bicyclic) bond motifs is 2. The van der Waals surface area contributed by atoms with Crippen LogP contribution in [0, 0.1) is 0 Å². The average molecular weight is 514 g/mol. The number of aromatic amines is 1. The van der Waals surface area contributed by atoms with Crippen molar-refractivity contribution in [2.75, 3.05) is 14.2 Å². The number of pyridine rings is 1. The lowest BCUT2D eigenvalue weighted by Crippen LogP contribution is -2.20. The van der Waals surface area contributed by atoms with Gasteiger partial charge in [0.25, 0.3) is 5.56 Å². The molecule has 0 aliphatic heterocycles. The van der Waals surface area contributed by atoms with E-state index < -0.39 is 17.4 Å². The van der Waals surface area contributed by atoms with E-state index in [4.69, 9.17) is 13.9 Å². The van der Waals surface area contributed by atoms with Crippen LogP contribution in [0.25, 0.3) is 33.0 Å². The third-order valence-corrected chi connectivity index (χ3v) is 6.54. The van der Waals surface area contributed by atoms with Crippen LogP contribution in [-0.4, -0.2) is 35.4 Å². The molecule has 38 heavy (non-hydrogen) atoms. The van der Waals surface area contributed by atoms with E-state index in [1.165, 1.54) is 44.7 Å². The van der Waals surface area contributed by atoms with Gasteiger partial charge in [-0.2, -0.15) is 0 Å². The first-order chi connectivity index (χ1) is 18.3. The number of hydrogen-bond donors (Lipinski definition) is 3. The van der Waals surface area contributed by atoms with Crippen molar-refractivity contribution in [1.29, 1.82) is 0 Å². The summed E-state index contributed by atoms with van der Waals surface area (Å²) in [7, 11) is 2.74. The average Bonchev–Trinajstić information content (AvgIpc) is 2.92.